The Labute approximate surface area is 162 Å². The Kier molecular flexibility index (Phi) is 6.91. The Bertz CT molecular complexity index is 866. The number of anilines is 1. The van der Waals surface area contributed by atoms with Crippen molar-refractivity contribution < 1.29 is 24.0 Å². The van der Waals surface area contributed by atoms with Gasteiger partial charge in [-0.25, -0.2) is 0 Å². The summed E-state index contributed by atoms with van der Waals surface area (Å²) in [5, 5.41) is 13.8. The first-order valence-electron chi connectivity index (χ1n) is 8.36. The number of nitrogens with zero attached hydrogens (tertiary/aromatic N) is 2. The molecule has 0 aliphatic carbocycles. The summed E-state index contributed by atoms with van der Waals surface area (Å²) < 4.78 is 10.2. The molecule has 0 radical (unpaired) electrons. The number of aryl methyl sites for hydroxylation is 1. The summed E-state index contributed by atoms with van der Waals surface area (Å²) >= 11 is 0. The Balaban J connectivity index is 1.91. The van der Waals surface area contributed by atoms with E-state index >= 15 is 0 Å². The van der Waals surface area contributed by atoms with Crippen molar-refractivity contribution in [2.45, 2.75) is 6.92 Å². The number of likely N-dealkylation sites (N-methyl/N-ethyl adjacent to an activating group) is 1. The highest BCUT2D eigenvalue weighted by molar-refractivity contribution is 5.94. The van der Waals surface area contributed by atoms with E-state index in [0.29, 0.717) is 11.4 Å². The summed E-state index contributed by atoms with van der Waals surface area (Å²) in [5.74, 6) is -0.619. The van der Waals surface area contributed by atoms with E-state index in [1.807, 2.05) is 19.1 Å². The summed E-state index contributed by atoms with van der Waals surface area (Å²) in [6.45, 7) is 1.31. The molecule has 0 aliphatic heterocycles. The van der Waals surface area contributed by atoms with E-state index in [1.165, 1.54) is 37.3 Å². The quantitative estimate of drug-likeness (QED) is 0.550. The molecule has 0 spiro atoms. The van der Waals surface area contributed by atoms with Gasteiger partial charge in [0.15, 0.2) is 12.4 Å². The first-order valence-corrected chi connectivity index (χ1v) is 8.36. The van der Waals surface area contributed by atoms with Gasteiger partial charge in [0.05, 0.1) is 24.6 Å². The van der Waals surface area contributed by atoms with Crippen molar-refractivity contribution in [3.05, 3.63) is 58.1 Å². The summed E-state index contributed by atoms with van der Waals surface area (Å²) in [6.07, 6.45) is 0. The van der Waals surface area contributed by atoms with Gasteiger partial charge in [-0.2, -0.15) is 0 Å². The van der Waals surface area contributed by atoms with E-state index in [1.54, 1.807) is 12.1 Å². The highest BCUT2D eigenvalue weighted by Crippen LogP contribution is 2.30. The zero-order valence-electron chi connectivity index (χ0n) is 15.8. The van der Waals surface area contributed by atoms with E-state index in [2.05, 4.69) is 5.32 Å². The van der Waals surface area contributed by atoms with Gasteiger partial charge >= 0.3 is 5.69 Å². The summed E-state index contributed by atoms with van der Waals surface area (Å²) in [4.78, 5) is 35.9. The number of ether oxygens (including phenoxy) is 2. The lowest BCUT2D eigenvalue weighted by Crippen LogP contribution is -2.37. The molecular formula is C19H21N3O6. The Morgan fingerprint density at radius 2 is 1.86 bits per heavy atom. The van der Waals surface area contributed by atoms with E-state index in [9.17, 15) is 19.7 Å². The number of rotatable bonds is 8. The SMILES string of the molecule is COc1ccc(OCC(=O)N(C)CC(=O)Nc2ccc(C)cc2)c([N+](=O)[O-])c1. The minimum atomic E-state index is -0.624. The van der Waals surface area contributed by atoms with Crippen LogP contribution in [0.4, 0.5) is 11.4 Å². The molecule has 28 heavy (non-hydrogen) atoms. The average Bonchev–Trinajstić information content (AvgIpc) is 2.67. The molecule has 9 nitrogen and oxygen atoms in total. The van der Waals surface area contributed by atoms with Crippen LogP contribution in [0, 0.1) is 17.0 Å². The molecule has 0 unspecified atom stereocenters. The van der Waals surface area contributed by atoms with Crippen LogP contribution in [-0.2, 0) is 9.59 Å². The normalized spacial score (nSPS) is 10.1. The molecule has 2 amide bonds. The van der Waals surface area contributed by atoms with E-state index in [-0.39, 0.29) is 23.9 Å². The van der Waals surface area contributed by atoms with Gasteiger partial charge in [0.25, 0.3) is 5.91 Å². The van der Waals surface area contributed by atoms with Crippen LogP contribution in [0.3, 0.4) is 0 Å². The number of benzene rings is 2. The lowest BCUT2D eigenvalue weighted by molar-refractivity contribution is -0.385. The van der Waals surface area contributed by atoms with Crippen molar-refractivity contribution in [3.8, 4) is 11.5 Å². The number of carbonyl (C=O) groups excluding carboxylic acids is 2. The summed E-state index contributed by atoms with van der Waals surface area (Å²) in [5.41, 5.74) is 1.38. The second-order valence-corrected chi connectivity index (χ2v) is 6.04. The fourth-order valence-corrected chi connectivity index (χ4v) is 2.28. The molecule has 2 rings (SSSR count). The van der Waals surface area contributed by atoms with Gasteiger partial charge in [0.2, 0.25) is 5.91 Å². The number of nitro benzene ring substituents is 1. The molecule has 0 heterocycles. The molecule has 9 heteroatoms. The maximum Gasteiger partial charge on any atom is 0.314 e. The monoisotopic (exact) mass is 387 g/mol. The third-order valence-corrected chi connectivity index (χ3v) is 3.86. The predicted molar refractivity (Wildman–Crippen MR) is 103 cm³/mol. The van der Waals surface area contributed by atoms with Crippen LogP contribution in [0.5, 0.6) is 11.5 Å². The van der Waals surface area contributed by atoms with Crippen LogP contribution in [0.15, 0.2) is 42.5 Å². The summed E-state index contributed by atoms with van der Waals surface area (Å²) in [6, 6.07) is 11.3. The fourth-order valence-electron chi connectivity index (χ4n) is 2.28. The molecule has 0 aromatic heterocycles. The highest BCUT2D eigenvalue weighted by Gasteiger charge is 2.19. The van der Waals surface area contributed by atoms with Crippen molar-refractivity contribution >= 4 is 23.2 Å². The highest BCUT2D eigenvalue weighted by atomic mass is 16.6. The molecule has 0 saturated heterocycles. The van der Waals surface area contributed by atoms with E-state index in [4.69, 9.17) is 9.47 Å². The summed E-state index contributed by atoms with van der Waals surface area (Å²) in [7, 11) is 2.84. The van der Waals surface area contributed by atoms with Crippen molar-refractivity contribution in [1.29, 1.82) is 0 Å². The number of nitro groups is 1. The van der Waals surface area contributed by atoms with Gasteiger partial charge in [0.1, 0.15) is 5.75 Å². The van der Waals surface area contributed by atoms with Crippen molar-refractivity contribution in [2.75, 3.05) is 32.6 Å². The number of hydrogen-bond donors (Lipinski definition) is 1. The molecule has 148 valence electrons. The molecule has 0 saturated carbocycles. The third kappa shape index (κ3) is 5.70. The molecule has 2 aromatic rings. The van der Waals surface area contributed by atoms with Gasteiger partial charge in [-0.1, -0.05) is 17.7 Å². The minimum Gasteiger partial charge on any atom is -0.496 e. The van der Waals surface area contributed by atoms with Crippen molar-refractivity contribution in [2.24, 2.45) is 0 Å². The maximum absolute atomic E-state index is 12.2. The van der Waals surface area contributed by atoms with Gasteiger partial charge in [0, 0.05) is 12.7 Å². The van der Waals surface area contributed by atoms with Gasteiger partial charge in [-0.3, -0.25) is 19.7 Å². The third-order valence-electron chi connectivity index (χ3n) is 3.86. The average molecular weight is 387 g/mol. The molecule has 2 aromatic carbocycles. The largest absolute Gasteiger partial charge is 0.496 e. The molecular weight excluding hydrogens is 366 g/mol. The van der Waals surface area contributed by atoms with Crippen molar-refractivity contribution in [3.63, 3.8) is 0 Å². The Morgan fingerprint density at radius 1 is 1.18 bits per heavy atom. The molecule has 0 atom stereocenters. The second-order valence-electron chi connectivity index (χ2n) is 6.04. The number of methoxy groups -OCH3 is 1. The maximum atomic E-state index is 12.2. The lowest BCUT2D eigenvalue weighted by atomic mass is 10.2. The van der Waals surface area contributed by atoms with Crippen molar-refractivity contribution in [1.82, 2.24) is 4.90 Å². The zero-order valence-corrected chi connectivity index (χ0v) is 15.8. The Hall–Kier alpha value is -3.62. The second kappa shape index (κ2) is 9.36. The van der Waals surface area contributed by atoms with Crippen LogP contribution in [0.25, 0.3) is 0 Å². The van der Waals surface area contributed by atoms with Crippen LogP contribution >= 0.6 is 0 Å². The standard InChI is InChI=1S/C19H21N3O6/c1-13-4-6-14(7-5-13)20-18(23)11-21(2)19(24)12-28-17-9-8-15(27-3)10-16(17)22(25)26/h4-10H,11-12H2,1-3H3,(H,20,23). The fraction of sp³-hybridized carbons (Fsp3) is 0.263. The lowest BCUT2D eigenvalue weighted by Gasteiger charge is -2.17. The number of carbonyl (C=O) groups is 2. The van der Waals surface area contributed by atoms with Crippen LogP contribution in [0.1, 0.15) is 5.56 Å². The van der Waals surface area contributed by atoms with Crippen LogP contribution in [-0.4, -0.2) is 48.9 Å². The molecule has 0 aliphatic rings. The van der Waals surface area contributed by atoms with Gasteiger partial charge in [-0.15, -0.1) is 0 Å². The first kappa shape index (κ1) is 20.7. The number of nitrogens with one attached hydrogen (secondary N) is 1. The topological polar surface area (TPSA) is 111 Å². The number of hydrogen-bond acceptors (Lipinski definition) is 6. The first-order chi connectivity index (χ1) is 13.3. The van der Waals surface area contributed by atoms with E-state index in [0.717, 1.165) is 5.56 Å². The van der Waals surface area contributed by atoms with Gasteiger partial charge < -0.3 is 19.7 Å². The van der Waals surface area contributed by atoms with Crippen LogP contribution < -0.4 is 14.8 Å². The smallest absolute Gasteiger partial charge is 0.314 e. The molecule has 0 bridgehead atoms. The molecule has 0 fully saturated rings. The van der Waals surface area contributed by atoms with Gasteiger partial charge in [-0.05, 0) is 31.2 Å². The zero-order chi connectivity index (χ0) is 20.7. The van der Waals surface area contributed by atoms with E-state index < -0.39 is 17.4 Å². The van der Waals surface area contributed by atoms with Crippen LogP contribution in [0.2, 0.25) is 0 Å². The minimum absolute atomic E-state index is 0.0587. The predicted octanol–water partition coefficient (Wildman–Crippen LogP) is 2.39. The molecule has 1 N–H and O–H groups in total. The Morgan fingerprint density at radius 3 is 2.46 bits per heavy atom. The number of amides is 2.